The average molecular weight is 221 g/mol. The summed E-state index contributed by atoms with van der Waals surface area (Å²) in [6.07, 6.45) is 3.54. The normalized spacial score (nSPS) is 19.8. The molecule has 0 saturated carbocycles. The van der Waals surface area contributed by atoms with Crippen LogP contribution in [0.15, 0.2) is 18.2 Å². The average Bonchev–Trinajstić information content (AvgIpc) is 2.82. The molecule has 3 heteroatoms. The maximum atomic E-state index is 5.37. The van der Waals surface area contributed by atoms with E-state index >= 15 is 0 Å². The molecule has 1 saturated heterocycles. The number of benzene rings is 1. The van der Waals surface area contributed by atoms with Crippen LogP contribution >= 0.6 is 0 Å². The fourth-order valence-corrected chi connectivity index (χ4v) is 2.24. The van der Waals surface area contributed by atoms with Crippen molar-refractivity contribution in [3.8, 4) is 11.5 Å². The van der Waals surface area contributed by atoms with Gasteiger partial charge in [-0.1, -0.05) is 0 Å². The summed E-state index contributed by atoms with van der Waals surface area (Å²) < 4.78 is 10.6. The van der Waals surface area contributed by atoms with E-state index in [0.29, 0.717) is 6.04 Å². The number of hydrogen-bond acceptors (Lipinski definition) is 3. The Balaban J connectivity index is 2.15. The zero-order valence-corrected chi connectivity index (χ0v) is 9.95. The largest absolute Gasteiger partial charge is 0.497 e. The Morgan fingerprint density at radius 1 is 1.31 bits per heavy atom. The van der Waals surface area contributed by atoms with E-state index in [1.165, 1.54) is 18.4 Å². The monoisotopic (exact) mass is 221 g/mol. The van der Waals surface area contributed by atoms with Crippen LogP contribution in [0, 0.1) is 0 Å². The molecule has 1 N–H and O–H groups in total. The molecule has 2 rings (SSSR count). The Hall–Kier alpha value is -1.22. The number of hydrogen-bond donors (Lipinski definition) is 1. The van der Waals surface area contributed by atoms with Crippen LogP contribution in [0.25, 0.3) is 0 Å². The van der Waals surface area contributed by atoms with Gasteiger partial charge in [-0.3, -0.25) is 0 Å². The van der Waals surface area contributed by atoms with Crippen molar-refractivity contribution >= 4 is 0 Å². The van der Waals surface area contributed by atoms with E-state index in [9.17, 15) is 0 Å². The molecule has 1 aliphatic rings. The second-order valence-corrected chi connectivity index (χ2v) is 4.18. The van der Waals surface area contributed by atoms with Crippen molar-refractivity contribution in [1.29, 1.82) is 0 Å². The Morgan fingerprint density at radius 2 is 2.19 bits per heavy atom. The Kier molecular flexibility index (Phi) is 3.67. The van der Waals surface area contributed by atoms with Crippen LogP contribution in [0.4, 0.5) is 0 Å². The number of rotatable bonds is 4. The predicted molar refractivity (Wildman–Crippen MR) is 64.3 cm³/mol. The molecule has 0 aliphatic carbocycles. The van der Waals surface area contributed by atoms with Crippen LogP contribution in [0.2, 0.25) is 0 Å². The second kappa shape index (κ2) is 5.21. The molecule has 88 valence electrons. The zero-order valence-electron chi connectivity index (χ0n) is 9.95. The highest BCUT2D eigenvalue weighted by Crippen LogP contribution is 2.26. The van der Waals surface area contributed by atoms with Crippen LogP contribution < -0.4 is 14.8 Å². The van der Waals surface area contributed by atoms with E-state index in [0.717, 1.165) is 24.5 Å². The SMILES string of the molecule is COc1ccc(OC)c(C[C@H]2CCCN2)c1. The molecule has 16 heavy (non-hydrogen) atoms. The highest BCUT2D eigenvalue weighted by Gasteiger charge is 2.16. The lowest BCUT2D eigenvalue weighted by Gasteiger charge is -2.14. The van der Waals surface area contributed by atoms with Gasteiger partial charge in [0.2, 0.25) is 0 Å². The first-order valence-corrected chi connectivity index (χ1v) is 5.78. The van der Waals surface area contributed by atoms with E-state index in [-0.39, 0.29) is 0 Å². The molecule has 1 aromatic rings. The van der Waals surface area contributed by atoms with Crippen molar-refractivity contribution in [2.75, 3.05) is 20.8 Å². The quantitative estimate of drug-likeness (QED) is 0.843. The predicted octanol–water partition coefficient (Wildman–Crippen LogP) is 2.00. The van der Waals surface area contributed by atoms with Crippen LogP contribution in [0.1, 0.15) is 18.4 Å². The summed E-state index contributed by atoms with van der Waals surface area (Å²) in [5.41, 5.74) is 1.22. The number of ether oxygens (including phenoxy) is 2. The van der Waals surface area contributed by atoms with Gasteiger partial charge < -0.3 is 14.8 Å². The summed E-state index contributed by atoms with van der Waals surface area (Å²) in [6, 6.07) is 6.56. The fraction of sp³-hybridized carbons (Fsp3) is 0.538. The molecule has 1 aromatic carbocycles. The lowest BCUT2D eigenvalue weighted by Crippen LogP contribution is -2.23. The van der Waals surface area contributed by atoms with Gasteiger partial charge in [-0.05, 0) is 49.6 Å². The number of methoxy groups -OCH3 is 2. The summed E-state index contributed by atoms with van der Waals surface area (Å²) in [6.45, 7) is 1.14. The third-order valence-corrected chi connectivity index (χ3v) is 3.12. The molecule has 0 aromatic heterocycles. The van der Waals surface area contributed by atoms with Gasteiger partial charge in [-0.15, -0.1) is 0 Å². The lowest BCUT2D eigenvalue weighted by atomic mass is 10.0. The van der Waals surface area contributed by atoms with Crippen LogP contribution in [-0.4, -0.2) is 26.8 Å². The molecular formula is C13H19NO2. The van der Waals surface area contributed by atoms with Gasteiger partial charge in [0.1, 0.15) is 11.5 Å². The molecule has 1 aliphatic heterocycles. The maximum Gasteiger partial charge on any atom is 0.122 e. The smallest absolute Gasteiger partial charge is 0.122 e. The van der Waals surface area contributed by atoms with E-state index in [1.807, 2.05) is 12.1 Å². The molecule has 0 bridgehead atoms. The third-order valence-electron chi connectivity index (χ3n) is 3.12. The second-order valence-electron chi connectivity index (χ2n) is 4.18. The van der Waals surface area contributed by atoms with E-state index in [2.05, 4.69) is 11.4 Å². The molecule has 0 unspecified atom stereocenters. The molecule has 1 heterocycles. The third kappa shape index (κ3) is 2.47. The Labute approximate surface area is 96.8 Å². The first-order valence-electron chi connectivity index (χ1n) is 5.78. The standard InChI is InChI=1S/C13H19NO2/c1-15-12-5-6-13(16-2)10(9-12)8-11-4-3-7-14-11/h5-6,9,11,14H,3-4,7-8H2,1-2H3/t11-/m1/s1. The van der Waals surface area contributed by atoms with Gasteiger partial charge in [-0.2, -0.15) is 0 Å². The molecular weight excluding hydrogens is 202 g/mol. The first-order chi connectivity index (χ1) is 7.83. The summed E-state index contributed by atoms with van der Waals surface area (Å²) in [4.78, 5) is 0. The van der Waals surface area contributed by atoms with Crippen LogP contribution in [0.5, 0.6) is 11.5 Å². The zero-order chi connectivity index (χ0) is 11.4. The van der Waals surface area contributed by atoms with Crippen molar-refractivity contribution in [3.63, 3.8) is 0 Å². The van der Waals surface area contributed by atoms with Crippen LogP contribution in [0.3, 0.4) is 0 Å². The topological polar surface area (TPSA) is 30.5 Å². The molecule has 3 nitrogen and oxygen atoms in total. The van der Waals surface area contributed by atoms with Gasteiger partial charge in [0.15, 0.2) is 0 Å². The van der Waals surface area contributed by atoms with Gasteiger partial charge in [0.25, 0.3) is 0 Å². The minimum Gasteiger partial charge on any atom is -0.497 e. The highest BCUT2D eigenvalue weighted by molar-refractivity contribution is 5.40. The fourth-order valence-electron chi connectivity index (χ4n) is 2.24. The van der Waals surface area contributed by atoms with Gasteiger partial charge in [0.05, 0.1) is 14.2 Å². The first kappa shape index (κ1) is 11.3. The summed E-state index contributed by atoms with van der Waals surface area (Å²) in [5, 5.41) is 3.50. The number of nitrogens with one attached hydrogen (secondary N) is 1. The van der Waals surface area contributed by atoms with E-state index in [4.69, 9.17) is 9.47 Å². The Bertz CT molecular complexity index is 346. The van der Waals surface area contributed by atoms with Crippen molar-refractivity contribution < 1.29 is 9.47 Å². The van der Waals surface area contributed by atoms with Gasteiger partial charge in [-0.25, -0.2) is 0 Å². The summed E-state index contributed by atoms with van der Waals surface area (Å²) in [7, 11) is 3.41. The van der Waals surface area contributed by atoms with Gasteiger partial charge >= 0.3 is 0 Å². The van der Waals surface area contributed by atoms with Crippen molar-refractivity contribution in [3.05, 3.63) is 23.8 Å². The van der Waals surface area contributed by atoms with E-state index < -0.39 is 0 Å². The molecule has 1 fully saturated rings. The highest BCUT2D eigenvalue weighted by atomic mass is 16.5. The molecule has 0 spiro atoms. The minimum atomic E-state index is 0.584. The molecule has 0 radical (unpaired) electrons. The van der Waals surface area contributed by atoms with Gasteiger partial charge in [0, 0.05) is 6.04 Å². The molecule has 0 amide bonds. The van der Waals surface area contributed by atoms with Crippen molar-refractivity contribution in [2.45, 2.75) is 25.3 Å². The van der Waals surface area contributed by atoms with E-state index in [1.54, 1.807) is 14.2 Å². The Morgan fingerprint density at radius 3 is 2.81 bits per heavy atom. The summed E-state index contributed by atoms with van der Waals surface area (Å²) >= 11 is 0. The summed E-state index contributed by atoms with van der Waals surface area (Å²) in [5.74, 6) is 1.85. The minimum absolute atomic E-state index is 0.584. The van der Waals surface area contributed by atoms with Crippen LogP contribution in [-0.2, 0) is 6.42 Å². The van der Waals surface area contributed by atoms with Crippen molar-refractivity contribution in [2.24, 2.45) is 0 Å². The molecule has 1 atom stereocenters. The lowest BCUT2D eigenvalue weighted by molar-refractivity contribution is 0.396. The van der Waals surface area contributed by atoms with Crippen molar-refractivity contribution in [1.82, 2.24) is 5.32 Å². The maximum absolute atomic E-state index is 5.37.